The number of phenols is 1. The normalized spacial score (nSPS) is 29.8. The summed E-state index contributed by atoms with van der Waals surface area (Å²) in [6.45, 7) is 6.51. The molecule has 0 unspecified atom stereocenters. The highest BCUT2D eigenvalue weighted by atomic mass is 19.4. The number of aromatic hydroxyl groups is 1. The van der Waals surface area contributed by atoms with E-state index in [-0.39, 0.29) is 42.5 Å². The number of primary amides is 1. The minimum Gasteiger partial charge on any atom is -0.507 e. The quantitative estimate of drug-likeness (QED) is 0.292. The fraction of sp³-hybridized carbons (Fsp3) is 0.552. The molecule has 1 aromatic rings. The van der Waals surface area contributed by atoms with Crippen LogP contribution in [0.25, 0.3) is 0 Å². The monoisotopic (exact) mass is 584 g/mol. The lowest BCUT2D eigenvalue weighted by molar-refractivity contribution is -0.139. The maximum absolute atomic E-state index is 13.9. The van der Waals surface area contributed by atoms with Crippen LogP contribution in [0.3, 0.4) is 0 Å². The van der Waals surface area contributed by atoms with Gasteiger partial charge in [-0.3, -0.25) is 4.79 Å². The molecule has 0 saturated heterocycles. The average Bonchev–Trinajstić information content (AvgIpc) is 2.86. The first-order valence-electron chi connectivity index (χ1n) is 13.3. The first kappa shape index (κ1) is 33.8. The number of hydrogen-bond donors (Lipinski definition) is 4. The standard InChI is InChI=1S/C29H39F3N2O7/c1-15-9-20-12-21(13-22(36)24(20)29(30,31)32)34-27(38)16(2)7-6-8-19(14-35)26(41-28(33)39)18(4)11-17(3)25(37)23(10-15)40-5/h7,11-15,17,19,23,25-26,36-37H,6,8-10H2,1-5H3,(H2,33,39)(H,34,38)/b16-7+,18-11+/t15-,17+,19-,23+,25-,26+/m1/s1. The molecule has 9 nitrogen and oxygen atoms in total. The molecule has 1 heterocycles. The number of carbonyl (C=O) groups excluding carboxylic acids is 3. The molecule has 2 bridgehead atoms. The lowest BCUT2D eigenvalue weighted by Gasteiger charge is -2.29. The Labute approximate surface area is 237 Å². The zero-order valence-electron chi connectivity index (χ0n) is 23.8. The molecule has 2 rings (SSSR count). The summed E-state index contributed by atoms with van der Waals surface area (Å²) < 4.78 is 52.4. The molecule has 0 saturated carbocycles. The molecule has 0 fully saturated rings. The second kappa shape index (κ2) is 14.5. The van der Waals surface area contributed by atoms with Crippen molar-refractivity contribution in [2.75, 3.05) is 12.4 Å². The summed E-state index contributed by atoms with van der Waals surface area (Å²) in [7, 11) is 1.37. The predicted molar refractivity (Wildman–Crippen MR) is 146 cm³/mol. The summed E-state index contributed by atoms with van der Waals surface area (Å²) >= 11 is 0. The van der Waals surface area contributed by atoms with Crippen molar-refractivity contribution in [1.82, 2.24) is 0 Å². The summed E-state index contributed by atoms with van der Waals surface area (Å²) in [5.74, 6) is -3.46. The largest absolute Gasteiger partial charge is 0.507 e. The number of carbonyl (C=O) groups is 3. The number of aliphatic hydroxyl groups is 1. The number of hydrogen-bond acceptors (Lipinski definition) is 7. The summed E-state index contributed by atoms with van der Waals surface area (Å²) in [6, 6.07) is 2.02. The SMILES string of the molecule is CO[C@H]1C[C@H](C)Cc2cc(cc(O)c2C(F)(F)F)NC(=O)/C(C)=C/CC[C@H](C=O)[C@@H](OC(N)=O)/C(C)=C/[C@H](C)[C@H]1O. The van der Waals surface area contributed by atoms with Gasteiger partial charge >= 0.3 is 12.3 Å². The second-order valence-electron chi connectivity index (χ2n) is 10.7. The van der Waals surface area contributed by atoms with Crippen LogP contribution in [0.1, 0.15) is 58.1 Å². The van der Waals surface area contributed by atoms with E-state index in [0.717, 1.165) is 6.07 Å². The van der Waals surface area contributed by atoms with E-state index in [1.54, 1.807) is 32.9 Å². The number of amides is 2. The van der Waals surface area contributed by atoms with Gasteiger partial charge in [-0.1, -0.05) is 26.0 Å². The highest BCUT2D eigenvalue weighted by Crippen LogP contribution is 2.41. The minimum absolute atomic E-state index is 0.0224. The molecule has 0 radical (unpaired) electrons. The third-order valence-electron chi connectivity index (χ3n) is 7.26. The zero-order chi connectivity index (χ0) is 31.1. The molecular weight excluding hydrogens is 545 g/mol. The summed E-state index contributed by atoms with van der Waals surface area (Å²) in [5.41, 5.74) is 4.52. The number of allylic oxidation sites excluding steroid dienone is 1. The van der Waals surface area contributed by atoms with Gasteiger partial charge in [0.15, 0.2) is 0 Å². The van der Waals surface area contributed by atoms with Crippen LogP contribution in [0.15, 0.2) is 35.4 Å². The third-order valence-corrected chi connectivity index (χ3v) is 7.26. The van der Waals surface area contributed by atoms with E-state index >= 15 is 0 Å². The van der Waals surface area contributed by atoms with Crippen LogP contribution < -0.4 is 11.1 Å². The van der Waals surface area contributed by atoms with Gasteiger partial charge in [-0.05, 0) is 62.7 Å². The molecule has 41 heavy (non-hydrogen) atoms. The number of alkyl halides is 3. The van der Waals surface area contributed by atoms with E-state index in [1.165, 1.54) is 20.1 Å². The molecular formula is C29H39F3N2O7. The maximum atomic E-state index is 13.9. The number of phenolic OH excluding ortho intramolecular Hbond substituents is 1. The van der Waals surface area contributed by atoms with Gasteiger partial charge in [0, 0.05) is 30.4 Å². The Morgan fingerprint density at radius 2 is 1.88 bits per heavy atom. The molecule has 1 aliphatic rings. The van der Waals surface area contributed by atoms with E-state index in [4.69, 9.17) is 15.2 Å². The predicted octanol–water partition coefficient (Wildman–Crippen LogP) is 4.90. The van der Waals surface area contributed by atoms with E-state index in [9.17, 15) is 37.8 Å². The average molecular weight is 585 g/mol. The molecule has 1 aliphatic heterocycles. The molecule has 2 amide bonds. The van der Waals surface area contributed by atoms with Crippen LogP contribution in [0.2, 0.25) is 0 Å². The number of nitrogens with two attached hydrogens (primary N) is 1. The van der Waals surface area contributed by atoms with Gasteiger partial charge in [0.1, 0.15) is 23.7 Å². The number of aldehydes is 1. The first-order chi connectivity index (χ1) is 19.1. The third kappa shape index (κ3) is 9.32. The lowest BCUT2D eigenvalue weighted by atomic mass is 9.86. The van der Waals surface area contributed by atoms with Crippen molar-refractivity contribution in [3.05, 3.63) is 46.6 Å². The maximum Gasteiger partial charge on any atom is 0.420 e. The Morgan fingerprint density at radius 3 is 2.44 bits per heavy atom. The van der Waals surface area contributed by atoms with Crippen molar-refractivity contribution in [2.45, 2.75) is 77.9 Å². The van der Waals surface area contributed by atoms with Gasteiger partial charge in [-0.15, -0.1) is 0 Å². The van der Waals surface area contributed by atoms with Crippen molar-refractivity contribution < 1.29 is 47.2 Å². The van der Waals surface area contributed by atoms with Gasteiger partial charge in [0.05, 0.1) is 18.1 Å². The van der Waals surface area contributed by atoms with Crippen LogP contribution in [-0.2, 0) is 31.7 Å². The van der Waals surface area contributed by atoms with Gasteiger partial charge in [-0.25, -0.2) is 4.79 Å². The van der Waals surface area contributed by atoms with Crippen molar-refractivity contribution in [1.29, 1.82) is 0 Å². The highest BCUT2D eigenvalue weighted by molar-refractivity contribution is 6.03. The number of fused-ring (bicyclic) bond motifs is 2. The van der Waals surface area contributed by atoms with Crippen LogP contribution in [0, 0.1) is 17.8 Å². The first-order valence-corrected chi connectivity index (χ1v) is 13.3. The molecule has 0 spiro atoms. The Morgan fingerprint density at radius 1 is 1.22 bits per heavy atom. The van der Waals surface area contributed by atoms with E-state index in [0.29, 0.717) is 11.9 Å². The Kier molecular flexibility index (Phi) is 12.0. The van der Waals surface area contributed by atoms with E-state index in [1.807, 2.05) is 0 Å². The highest BCUT2D eigenvalue weighted by Gasteiger charge is 2.38. The number of anilines is 1. The van der Waals surface area contributed by atoms with Crippen LogP contribution in [0.4, 0.5) is 23.7 Å². The van der Waals surface area contributed by atoms with E-state index in [2.05, 4.69) is 5.32 Å². The summed E-state index contributed by atoms with van der Waals surface area (Å²) in [5, 5.41) is 23.9. The number of halogens is 3. The molecule has 12 heteroatoms. The van der Waals surface area contributed by atoms with Crippen molar-refractivity contribution >= 4 is 24.0 Å². The van der Waals surface area contributed by atoms with Gasteiger partial charge in [-0.2, -0.15) is 13.2 Å². The van der Waals surface area contributed by atoms with Crippen LogP contribution >= 0.6 is 0 Å². The second-order valence-corrected chi connectivity index (χ2v) is 10.7. The molecule has 1 aromatic carbocycles. The number of rotatable bonds is 3. The lowest BCUT2D eigenvalue weighted by Crippen LogP contribution is -2.36. The number of aliphatic hydroxyl groups excluding tert-OH is 1. The molecule has 0 aliphatic carbocycles. The number of methoxy groups -OCH3 is 1. The molecule has 0 aromatic heterocycles. The van der Waals surface area contributed by atoms with Crippen molar-refractivity contribution in [3.63, 3.8) is 0 Å². The van der Waals surface area contributed by atoms with Crippen LogP contribution in [0.5, 0.6) is 5.75 Å². The van der Waals surface area contributed by atoms with Crippen molar-refractivity contribution in [2.24, 2.45) is 23.5 Å². The van der Waals surface area contributed by atoms with Gasteiger partial charge in [0.2, 0.25) is 0 Å². The fourth-order valence-electron chi connectivity index (χ4n) is 5.17. The van der Waals surface area contributed by atoms with Gasteiger partial charge < -0.3 is 35.5 Å². The summed E-state index contributed by atoms with van der Waals surface area (Å²) in [6.07, 6.45) is -4.61. The number of ether oxygens (including phenoxy) is 2. The molecule has 6 atom stereocenters. The Hall–Kier alpha value is -3.38. The molecule has 5 N–H and O–H groups in total. The van der Waals surface area contributed by atoms with Crippen LogP contribution in [-0.4, -0.2) is 53.9 Å². The Balaban J connectivity index is 2.60. The number of nitrogens with one attached hydrogen (secondary N) is 1. The van der Waals surface area contributed by atoms with Gasteiger partial charge in [0.25, 0.3) is 5.91 Å². The zero-order valence-corrected chi connectivity index (χ0v) is 23.8. The Bertz CT molecular complexity index is 1170. The topological polar surface area (TPSA) is 148 Å². The number of benzene rings is 1. The molecule has 228 valence electrons. The van der Waals surface area contributed by atoms with Crippen molar-refractivity contribution in [3.8, 4) is 5.75 Å². The smallest absolute Gasteiger partial charge is 0.420 e. The minimum atomic E-state index is -4.84. The van der Waals surface area contributed by atoms with E-state index < -0.39 is 65.6 Å². The summed E-state index contributed by atoms with van der Waals surface area (Å²) in [4.78, 5) is 36.4. The fourth-order valence-corrected chi connectivity index (χ4v) is 5.17.